The number of methoxy groups -OCH3 is 1. The summed E-state index contributed by atoms with van der Waals surface area (Å²) in [7, 11) is 1.59. The zero-order chi connectivity index (χ0) is 54.9. The second-order valence-corrected chi connectivity index (χ2v) is 21.6. The molecule has 0 radical (unpaired) electrons. The van der Waals surface area contributed by atoms with Gasteiger partial charge in [-0.3, -0.25) is 33.8 Å². The molecule has 4 heterocycles. The molecule has 1 atom stereocenters. The van der Waals surface area contributed by atoms with Crippen LogP contribution in [0.15, 0.2) is 60.7 Å². The Morgan fingerprint density at radius 3 is 1.96 bits per heavy atom. The molecule has 5 aliphatic rings. The van der Waals surface area contributed by atoms with Crippen molar-refractivity contribution in [2.75, 3.05) is 122 Å². The SMILES string of the molecule is [C-]#[N+]c1ccc(OC2C(C)(C)C(NC(=O)c3ccc(N4CCC(CN5CCN(c6ccc7c(c6)C(=O)N(C6CCC(=O)N(COC(=O)OCCOCCOCCOCCOC)C6=O)C7=O)CC5)CC4)cc3)C2(C)C)cc1Cl. The van der Waals surface area contributed by atoms with Gasteiger partial charge in [0.25, 0.3) is 23.6 Å². The second kappa shape index (κ2) is 25.4. The third kappa shape index (κ3) is 13.2. The number of halogens is 1. The summed E-state index contributed by atoms with van der Waals surface area (Å²) in [5.41, 5.74) is 2.52. The highest BCUT2D eigenvalue weighted by Gasteiger charge is 2.64. The third-order valence-corrected chi connectivity index (χ3v) is 15.7. The fourth-order valence-electron chi connectivity index (χ4n) is 11.5. The fraction of sp³-hybridized carbons (Fsp3) is 0.554. The Kier molecular flexibility index (Phi) is 18.8. The number of amides is 5. The molecule has 3 aromatic carbocycles. The number of fused-ring (bicyclic) bond motifs is 1. The number of benzene rings is 3. The first-order valence-corrected chi connectivity index (χ1v) is 26.7. The van der Waals surface area contributed by atoms with Crippen molar-refractivity contribution in [3.05, 3.63) is 93.8 Å². The van der Waals surface area contributed by atoms with E-state index in [2.05, 4.69) is 52.6 Å². The van der Waals surface area contributed by atoms with Gasteiger partial charge in [-0.25, -0.2) is 14.5 Å². The molecule has 0 aromatic heterocycles. The van der Waals surface area contributed by atoms with Crippen LogP contribution in [0.1, 0.15) is 84.5 Å². The van der Waals surface area contributed by atoms with E-state index in [1.807, 2.05) is 30.3 Å². The number of ether oxygens (including phenoxy) is 7. The Morgan fingerprint density at radius 1 is 0.714 bits per heavy atom. The molecule has 414 valence electrons. The Labute approximate surface area is 454 Å². The van der Waals surface area contributed by atoms with Crippen LogP contribution in [0.2, 0.25) is 5.02 Å². The van der Waals surface area contributed by atoms with Gasteiger partial charge in [-0.15, -0.1) is 0 Å². The molecule has 4 fully saturated rings. The third-order valence-electron chi connectivity index (χ3n) is 15.4. The van der Waals surface area contributed by atoms with Crippen LogP contribution in [0.5, 0.6) is 5.75 Å². The highest BCUT2D eigenvalue weighted by molar-refractivity contribution is 6.33. The summed E-state index contributed by atoms with van der Waals surface area (Å²) in [5, 5.41) is 3.63. The minimum atomic E-state index is -1.25. The lowest BCUT2D eigenvalue weighted by Gasteiger charge is -2.63. The molecule has 5 amide bonds. The molecular weight excluding hydrogens is 1010 g/mol. The van der Waals surface area contributed by atoms with Gasteiger partial charge < -0.3 is 48.3 Å². The van der Waals surface area contributed by atoms with Gasteiger partial charge in [0, 0.05) is 93.2 Å². The van der Waals surface area contributed by atoms with Crippen molar-refractivity contribution in [3.63, 3.8) is 0 Å². The van der Waals surface area contributed by atoms with Crippen molar-refractivity contribution >= 4 is 64.4 Å². The van der Waals surface area contributed by atoms with Crippen LogP contribution in [0, 0.1) is 23.3 Å². The second-order valence-electron chi connectivity index (χ2n) is 21.2. The lowest BCUT2D eigenvalue weighted by Crippen LogP contribution is -2.74. The first-order valence-electron chi connectivity index (χ1n) is 26.4. The van der Waals surface area contributed by atoms with E-state index in [9.17, 15) is 28.8 Å². The Morgan fingerprint density at radius 2 is 1.32 bits per heavy atom. The van der Waals surface area contributed by atoms with Crippen LogP contribution >= 0.6 is 11.6 Å². The standard InChI is InChI=1S/C56H70ClN7O13/c1-55(2)52(56(3,4)53(55)77-41-12-14-45(58-5)44(57)34-41)59-48(66)38-7-9-39(10-8-38)61-19-17-37(18-20-61)35-60-21-23-62(24-22-60)40-11-13-42-43(33-40)50(68)64(49(42)67)46-15-16-47(65)63(51(46)69)36-76-54(70)75-32-31-74-30-29-73-28-27-72-26-25-71-6/h7-14,33-34,37,46,52-53H,15-32,35-36H2,1-4,6H3,(H,59,66). The van der Waals surface area contributed by atoms with Crippen molar-refractivity contribution in [2.45, 2.75) is 71.6 Å². The number of hydrogen-bond donors (Lipinski definition) is 1. The van der Waals surface area contributed by atoms with E-state index in [-0.39, 0.29) is 72.7 Å². The van der Waals surface area contributed by atoms with Gasteiger partial charge in [0.1, 0.15) is 24.5 Å². The highest BCUT2D eigenvalue weighted by atomic mass is 35.5. The topological polar surface area (TPSA) is 200 Å². The molecule has 3 saturated heterocycles. The Balaban J connectivity index is 0.736. The van der Waals surface area contributed by atoms with E-state index in [1.165, 1.54) is 0 Å². The zero-order valence-corrected chi connectivity index (χ0v) is 45.3. The molecule has 4 aliphatic heterocycles. The average Bonchev–Trinajstić information content (AvgIpc) is 3.69. The predicted octanol–water partition coefficient (Wildman–Crippen LogP) is 6.46. The van der Waals surface area contributed by atoms with E-state index in [4.69, 9.17) is 51.3 Å². The number of nitrogens with one attached hydrogen (secondary N) is 1. The first-order chi connectivity index (χ1) is 37.0. The molecule has 20 nitrogen and oxygen atoms in total. The van der Waals surface area contributed by atoms with E-state index in [0.29, 0.717) is 61.0 Å². The fourth-order valence-corrected chi connectivity index (χ4v) is 11.7. The van der Waals surface area contributed by atoms with E-state index >= 15 is 0 Å². The summed E-state index contributed by atoms with van der Waals surface area (Å²) >= 11 is 6.28. The summed E-state index contributed by atoms with van der Waals surface area (Å²) in [6.45, 7) is 23.2. The van der Waals surface area contributed by atoms with Crippen LogP contribution in [0.4, 0.5) is 21.9 Å². The van der Waals surface area contributed by atoms with Gasteiger partial charge in [0.15, 0.2) is 6.73 Å². The number of hydrogen-bond acceptors (Lipinski definition) is 16. The number of anilines is 2. The molecule has 77 heavy (non-hydrogen) atoms. The molecule has 8 rings (SSSR count). The van der Waals surface area contributed by atoms with Crippen molar-refractivity contribution in [2.24, 2.45) is 16.7 Å². The van der Waals surface area contributed by atoms with Crippen LogP contribution in [-0.4, -0.2) is 181 Å². The van der Waals surface area contributed by atoms with E-state index < -0.39 is 42.6 Å². The highest BCUT2D eigenvalue weighted by Crippen LogP contribution is 2.56. The van der Waals surface area contributed by atoms with Gasteiger partial charge in [-0.05, 0) is 79.8 Å². The number of imide groups is 2. The molecule has 1 N–H and O–H groups in total. The smallest absolute Gasteiger partial charge is 0.489 e. The summed E-state index contributed by atoms with van der Waals surface area (Å²) in [6.07, 6.45) is 0.589. The lowest BCUT2D eigenvalue weighted by molar-refractivity contribution is -0.164. The van der Waals surface area contributed by atoms with Crippen molar-refractivity contribution < 1.29 is 61.9 Å². The number of carbonyl (C=O) groups is 6. The van der Waals surface area contributed by atoms with Crippen molar-refractivity contribution in [1.29, 1.82) is 0 Å². The van der Waals surface area contributed by atoms with Gasteiger partial charge in [0.05, 0.1) is 69.0 Å². The molecule has 1 unspecified atom stereocenters. The van der Waals surface area contributed by atoms with Gasteiger partial charge in [0.2, 0.25) is 11.6 Å². The molecular formula is C56H70ClN7O13. The van der Waals surface area contributed by atoms with Crippen LogP contribution in [0.3, 0.4) is 0 Å². The molecule has 0 spiro atoms. The Bertz CT molecular complexity index is 2650. The minimum absolute atomic E-state index is 0.0498. The maximum atomic E-state index is 13.9. The van der Waals surface area contributed by atoms with Crippen molar-refractivity contribution in [3.8, 4) is 5.75 Å². The number of likely N-dealkylation sites (tertiary alicyclic amines) is 1. The summed E-state index contributed by atoms with van der Waals surface area (Å²) in [5.74, 6) is -1.64. The maximum absolute atomic E-state index is 13.9. The molecule has 1 aliphatic carbocycles. The van der Waals surface area contributed by atoms with E-state index in [1.54, 1.807) is 37.4 Å². The van der Waals surface area contributed by atoms with Crippen molar-refractivity contribution in [1.82, 2.24) is 20.0 Å². The number of piperidine rings is 2. The monoisotopic (exact) mass is 1080 g/mol. The number of rotatable bonds is 23. The predicted molar refractivity (Wildman–Crippen MR) is 284 cm³/mol. The van der Waals surface area contributed by atoms with Crippen LogP contribution in [0.25, 0.3) is 4.85 Å². The number of piperazine rings is 1. The summed E-state index contributed by atoms with van der Waals surface area (Å²) in [4.78, 5) is 92.0. The average molecular weight is 1080 g/mol. The first kappa shape index (κ1) is 56.9. The largest absolute Gasteiger partial charge is 0.510 e. The molecule has 0 bridgehead atoms. The molecule has 21 heteroatoms. The van der Waals surface area contributed by atoms with Crippen LogP contribution < -0.4 is 19.9 Å². The quantitative estimate of drug-likeness (QED) is 0.0469. The van der Waals surface area contributed by atoms with Gasteiger partial charge in [-0.2, -0.15) is 0 Å². The number of nitrogens with zero attached hydrogens (tertiary/aromatic N) is 6. The Hall–Kier alpha value is -6.34. The van der Waals surface area contributed by atoms with Gasteiger partial charge >= 0.3 is 6.16 Å². The zero-order valence-electron chi connectivity index (χ0n) is 44.6. The summed E-state index contributed by atoms with van der Waals surface area (Å²) < 4.78 is 37.4. The lowest BCUT2D eigenvalue weighted by atomic mass is 9.49. The summed E-state index contributed by atoms with van der Waals surface area (Å²) in [6, 6.07) is 16.7. The van der Waals surface area contributed by atoms with Gasteiger partial charge in [-0.1, -0.05) is 45.4 Å². The van der Waals surface area contributed by atoms with E-state index in [0.717, 1.165) is 79.8 Å². The minimum Gasteiger partial charge on any atom is -0.489 e. The number of carbonyl (C=O) groups excluding carboxylic acids is 6. The normalized spacial score (nSPS) is 21.4. The molecule has 1 saturated carbocycles. The molecule has 3 aromatic rings. The maximum Gasteiger partial charge on any atom is 0.510 e. The van der Waals surface area contributed by atoms with Crippen LogP contribution in [-0.2, 0) is 38.0 Å².